The maximum absolute atomic E-state index is 13.7. The number of hydrogen-bond acceptors (Lipinski definition) is 4. The number of hydrogen-bond donors (Lipinski definition) is 1. The fourth-order valence-electron chi connectivity index (χ4n) is 4.07. The fourth-order valence-corrected chi connectivity index (χ4v) is 4.07. The monoisotopic (exact) mass is 407 g/mol. The standard InChI is InChI=1S/C23H26FN5O/c1-27(2)23(30)21-19(16-4-6-18(24)7-5-16)20(17-8-10-25-11-9-17)22(28(21)3)29-14-12-26-13-15-29/h4-11,26H,12-15H2,1-3H3. The second kappa shape index (κ2) is 8.28. The average molecular weight is 407 g/mol. The van der Waals surface area contributed by atoms with E-state index in [0.717, 1.165) is 54.3 Å². The van der Waals surface area contributed by atoms with Gasteiger partial charge in [-0.05, 0) is 35.4 Å². The summed E-state index contributed by atoms with van der Waals surface area (Å²) in [6.45, 7) is 3.44. The molecule has 0 unspecified atom stereocenters. The average Bonchev–Trinajstić information content (AvgIpc) is 3.07. The first kappa shape index (κ1) is 20.1. The maximum atomic E-state index is 13.7. The Balaban J connectivity index is 2.06. The summed E-state index contributed by atoms with van der Waals surface area (Å²) >= 11 is 0. The molecule has 3 heterocycles. The molecule has 1 aromatic carbocycles. The van der Waals surface area contributed by atoms with Crippen LogP contribution in [0.5, 0.6) is 0 Å². The van der Waals surface area contributed by atoms with Gasteiger partial charge in [-0.3, -0.25) is 9.78 Å². The van der Waals surface area contributed by atoms with Crippen molar-refractivity contribution < 1.29 is 9.18 Å². The van der Waals surface area contributed by atoms with Crippen molar-refractivity contribution >= 4 is 11.7 Å². The molecule has 4 rings (SSSR count). The Bertz CT molecular complexity index is 1040. The van der Waals surface area contributed by atoms with Crippen molar-refractivity contribution in [2.45, 2.75) is 0 Å². The lowest BCUT2D eigenvalue weighted by Crippen LogP contribution is -2.44. The number of halogens is 1. The van der Waals surface area contributed by atoms with Gasteiger partial charge in [0.25, 0.3) is 5.91 Å². The molecule has 1 aliphatic heterocycles. The molecule has 0 bridgehead atoms. The molecule has 0 saturated carbocycles. The summed E-state index contributed by atoms with van der Waals surface area (Å²) in [6.07, 6.45) is 3.51. The topological polar surface area (TPSA) is 53.4 Å². The number of aromatic nitrogens is 2. The van der Waals surface area contributed by atoms with Gasteiger partial charge in [0.2, 0.25) is 0 Å². The van der Waals surface area contributed by atoms with Gasteiger partial charge in [-0.2, -0.15) is 0 Å². The van der Waals surface area contributed by atoms with E-state index in [4.69, 9.17) is 0 Å². The quantitative estimate of drug-likeness (QED) is 0.723. The lowest BCUT2D eigenvalue weighted by molar-refractivity contribution is 0.0819. The SMILES string of the molecule is CN(C)C(=O)c1c(-c2ccc(F)cc2)c(-c2ccncc2)c(N2CCNCC2)n1C. The van der Waals surface area contributed by atoms with Gasteiger partial charge in [0.15, 0.2) is 0 Å². The molecule has 0 radical (unpaired) electrons. The molecule has 1 saturated heterocycles. The van der Waals surface area contributed by atoms with Crippen LogP contribution in [0.2, 0.25) is 0 Å². The molecule has 3 aromatic rings. The summed E-state index contributed by atoms with van der Waals surface area (Å²) in [5.41, 5.74) is 4.16. The Kier molecular flexibility index (Phi) is 5.55. The van der Waals surface area contributed by atoms with Crippen molar-refractivity contribution in [3.8, 4) is 22.3 Å². The van der Waals surface area contributed by atoms with E-state index in [0.29, 0.717) is 5.69 Å². The number of nitrogens with one attached hydrogen (secondary N) is 1. The number of pyridine rings is 1. The fraction of sp³-hybridized carbons (Fsp3) is 0.304. The molecular formula is C23H26FN5O. The van der Waals surface area contributed by atoms with Gasteiger partial charge in [-0.25, -0.2) is 4.39 Å². The number of piperazine rings is 1. The van der Waals surface area contributed by atoms with E-state index < -0.39 is 0 Å². The minimum Gasteiger partial charge on any atom is -0.355 e. The van der Waals surface area contributed by atoms with Gasteiger partial charge >= 0.3 is 0 Å². The summed E-state index contributed by atoms with van der Waals surface area (Å²) in [5, 5.41) is 3.39. The third kappa shape index (κ3) is 3.57. The third-order valence-electron chi connectivity index (χ3n) is 5.49. The van der Waals surface area contributed by atoms with Crippen LogP contribution in [-0.2, 0) is 7.05 Å². The van der Waals surface area contributed by atoms with E-state index in [-0.39, 0.29) is 11.7 Å². The Morgan fingerprint density at radius 1 is 1.00 bits per heavy atom. The Labute approximate surface area is 175 Å². The number of carbonyl (C=O) groups is 1. The van der Waals surface area contributed by atoms with Crippen LogP contribution in [0.15, 0.2) is 48.8 Å². The van der Waals surface area contributed by atoms with Crippen molar-refractivity contribution in [1.29, 1.82) is 0 Å². The van der Waals surface area contributed by atoms with E-state index >= 15 is 0 Å². The van der Waals surface area contributed by atoms with Gasteiger partial charge in [0.05, 0.1) is 0 Å². The highest BCUT2D eigenvalue weighted by molar-refractivity contribution is 6.07. The zero-order valence-electron chi connectivity index (χ0n) is 17.5. The predicted octanol–water partition coefficient (Wildman–Crippen LogP) is 3.00. The molecule has 30 heavy (non-hydrogen) atoms. The van der Waals surface area contributed by atoms with E-state index in [9.17, 15) is 9.18 Å². The number of benzene rings is 1. The van der Waals surface area contributed by atoms with Crippen molar-refractivity contribution in [3.05, 3.63) is 60.3 Å². The Morgan fingerprint density at radius 2 is 1.60 bits per heavy atom. The highest BCUT2D eigenvalue weighted by Crippen LogP contribution is 2.44. The van der Waals surface area contributed by atoms with Crippen LogP contribution in [0.4, 0.5) is 10.2 Å². The molecule has 7 heteroatoms. The first-order chi connectivity index (χ1) is 14.5. The van der Waals surface area contributed by atoms with Gasteiger partial charge < -0.3 is 19.7 Å². The number of nitrogens with zero attached hydrogens (tertiary/aromatic N) is 4. The van der Waals surface area contributed by atoms with Crippen molar-refractivity contribution in [1.82, 2.24) is 19.8 Å². The molecule has 6 nitrogen and oxygen atoms in total. The smallest absolute Gasteiger partial charge is 0.270 e. The summed E-state index contributed by atoms with van der Waals surface area (Å²) in [6, 6.07) is 10.3. The van der Waals surface area contributed by atoms with Crippen LogP contribution in [0.1, 0.15) is 10.5 Å². The summed E-state index contributed by atoms with van der Waals surface area (Å²) in [4.78, 5) is 21.4. The van der Waals surface area contributed by atoms with Gasteiger partial charge in [0, 0.05) is 70.8 Å². The molecule has 1 N–H and O–H groups in total. The van der Waals surface area contributed by atoms with E-state index in [2.05, 4.69) is 15.2 Å². The Morgan fingerprint density at radius 3 is 2.20 bits per heavy atom. The number of amides is 1. The van der Waals surface area contributed by atoms with Crippen LogP contribution >= 0.6 is 0 Å². The maximum Gasteiger partial charge on any atom is 0.270 e. The molecule has 1 amide bonds. The zero-order chi connectivity index (χ0) is 21.3. The highest BCUT2D eigenvalue weighted by atomic mass is 19.1. The van der Waals surface area contributed by atoms with Crippen LogP contribution in [-0.4, -0.2) is 60.6 Å². The number of rotatable bonds is 4. The number of carbonyl (C=O) groups excluding carboxylic acids is 1. The summed E-state index contributed by atoms with van der Waals surface area (Å²) in [5.74, 6) is 0.601. The Hall–Kier alpha value is -3.19. The molecule has 0 spiro atoms. The van der Waals surface area contributed by atoms with E-state index in [1.807, 2.05) is 23.7 Å². The van der Waals surface area contributed by atoms with E-state index in [1.165, 1.54) is 12.1 Å². The zero-order valence-corrected chi connectivity index (χ0v) is 17.5. The van der Waals surface area contributed by atoms with Crippen LogP contribution in [0, 0.1) is 5.82 Å². The minimum absolute atomic E-state index is 0.0893. The minimum atomic E-state index is -0.303. The first-order valence-electron chi connectivity index (χ1n) is 10.1. The molecule has 1 aliphatic rings. The second-order valence-electron chi connectivity index (χ2n) is 7.66. The largest absolute Gasteiger partial charge is 0.355 e. The highest BCUT2D eigenvalue weighted by Gasteiger charge is 2.31. The van der Waals surface area contributed by atoms with Gasteiger partial charge in [0.1, 0.15) is 17.3 Å². The molecular weight excluding hydrogens is 381 g/mol. The van der Waals surface area contributed by atoms with E-state index in [1.54, 1.807) is 43.5 Å². The third-order valence-corrected chi connectivity index (χ3v) is 5.49. The van der Waals surface area contributed by atoms with Crippen LogP contribution in [0.25, 0.3) is 22.3 Å². The van der Waals surface area contributed by atoms with Crippen molar-refractivity contribution in [2.24, 2.45) is 7.05 Å². The summed E-state index contributed by atoms with van der Waals surface area (Å²) in [7, 11) is 5.44. The van der Waals surface area contributed by atoms with Gasteiger partial charge in [-0.15, -0.1) is 0 Å². The van der Waals surface area contributed by atoms with Crippen molar-refractivity contribution in [2.75, 3.05) is 45.2 Å². The number of anilines is 1. The molecule has 0 aliphatic carbocycles. The molecule has 0 atom stereocenters. The predicted molar refractivity (Wildman–Crippen MR) is 117 cm³/mol. The van der Waals surface area contributed by atoms with Crippen LogP contribution < -0.4 is 10.2 Å². The van der Waals surface area contributed by atoms with Gasteiger partial charge in [-0.1, -0.05) is 12.1 Å². The van der Waals surface area contributed by atoms with Crippen molar-refractivity contribution in [3.63, 3.8) is 0 Å². The lowest BCUT2D eigenvalue weighted by Gasteiger charge is -2.31. The molecule has 156 valence electrons. The molecule has 1 fully saturated rings. The van der Waals surface area contributed by atoms with Crippen LogP contribution in [0.3, 0.4) is 0 Å². The lowest BCUT2D eigenvalue weighted by atomic mass is 9.95. The second-order valence-corrected chi connectivity index (χ2v) is 7.66. The first-order valence-corrected chi connectivity index (χ1v) is 10.1. The normalized spacial score (nSPS) is 14.1. The summed E-state index contributed by atoms with van der Waals surface area (Å²) < 4.78 is 15.7. The molecule has 2 aromatic heterocycles.